The molecule has 6 N–H and O–H groups in total. The van der Waals surface area contributed by atoms with Gasteiger partial charge in [0, 0.05) is 12.8 Å². The summed E-state index contributed by atoms with van der Waals surface area (Å²) in [5, 5.41) is 54.1. The first kappa shape index (κ1) is 59.2. The number of allylic oxidation sites excluding steroid dienone is 3. The first-order valence-electron chi connectivity index (χ1n) is 26.1. The number of esters is 1. The molecule has 1 amide bonds. The predicted octanol–water partition coefficient (Wildman–Crippen LogP) is 10.6. The zero-order valence-electron chi connectivity index (χ0n) is 40.3. The van der Waals surface area contributed by atoms with Crippen LogP contribution in [0.3, 0.4) is 0 Å². The fraction of sp³-hybridized carbons (Fsp3) is 0.885. The Labute approximate surface area is 384 Å². The molecule has 11 nitrogen and oxygen atoms in total. The van der Waals surface area contributed by atoms with Crippen LogP contribution < -0.4 is 5.32 Å². The van der Waals surface area contributed by atoms with E-state index in [1.54, 1.807) is 6.08 Å². The van der Waals surface area contributed by atoms with Gasteiger partial charge in [0.2, 0.25) is 5.91 Å². The number of carbonyl (C=O) groups is 2. The molecule has 0 saturated carbocycles. The van der Waals surface area contributed by atoms with Crippen LogP contribution in [0, 0.1) is 0 Å². The van der Waals surface area contributed by atoms with Crippen LogP contribution in [0.15, 0.2) is 24.3 Å². The molecule has 1 heterocycles. The van der Waals surface area contributed by atoms with E-state index in [0.29, 0.717) is 19.4 Å². The highest BCUT2D eigenvalue weighted by Gasteiger charge is 2.44. The van der Waals surface area contributed by atoms with Crippen molar-refractivity contribution in [2.24, 2.45) is 0 Å². The fourth-order valence-corrected chi connectivity index (χ4v) is 8.10. The van der Waals surface area contributed by atoms with Crippen molar-refractivity contribution in [2.45, 2.75) is 275 Å². The smallest absolute Gasteiger partial charge is 0.305 e. The third kappa shape index (κ3) is 33.3. The van der Waals surface area contributed by atoms with E-state index >= 15 is 0 Å². The van der Waals surface area contributed by atoms with E-state index in [1.165, 1.54) is 135 Å². The van der Waals surface area contributed by atoms with Gasteiger partial charge in [0.1, 0.15) is 24.4 Å². The molecular formula is C52H97NO10. The SMILES string of the molecule is CCCCCC/C=C/CC/C=C/C(O)C(COC1OC(CO)C(O)C(O)C1O)NC(=O)CCCCCCCCCCCCCCCCOC(=O)CCCCCCCCCCCCC. The molecule has 63 heavy (non-hydrogen) atoms. The summed E-state index contributed by atoms with van der Waals surface area (Å²) >= 11 is 0. The Morgan fingerprint density at radius 3 is 1.57 bits per heavy atom. The molecule has 1 rings (SSSR count). The normalized spacial score (nSPS) is 20.1. The zero-order valence-corrected chi connectivity index (χ0v) is 40.3. The summed E-state index contributed by atoms with van der Waals surface area (Å²) in [5.74, 6) is -0.229. The molecule has 11 heteroatoms. The average molecular weight is 896 g/mol. The highest BCUT2D eigenvalue weighted by atomic mass is 16.7. The molecule has 0 aliphatic carbocycles. The summed E-state index contributed by atoms with van der Waals surface area (Å²) < 4.78 is 16.6. The quantitative estimate of drug-likeness (QED) is 0.0196. The minimum atomic E-state index is -1.58. The van der Waals surface area contributed by atoms with Gasteiger partial charge in [-0.25, -0.2) is 0 Å². The molecule has 0 radical (unpaired) electrons. The molecule has 0 bridgehead atoms. The number of ether oxygens (including phenoxy) is 3. The van der Waals surface area contributed by atoms with Crippen LogP contribution >= 0.6 is 0 Å². The molecule has 1 aliphatic heterocycles. The monoisotopic (exact) mass is 896 g/mol. The molecule has 1 saturated heterocycles. The van der Waals surface area contributed by atoms with Gasteiger partial charge in [-0.3, -0.25) is 9.59 Å². The van der Waals surface area contributed by atoms with E-state index in [1.807, 2.05) is 6.08 Å². The highest BCUT2D eigenvalue weighted by Crippen LogP contribution is 2.23. The maximum atomic E-state index is 13.0. The largest absolute Gasteiger partial charge is 0.466 e. The van der Waals surface area contributed by atoms with Crippen molar-refractivity contribution in [2.75, 3.05) is 19.8 Å². The summed E-state index contributed by atoms with van der Waals surface area (Å²) in [6, 6.07) is -0.833. The molecule has 7 atom stereocenters. The van der Waals surface area contributed by atoms with Crippen molar-refractivity contribution in [1.29, 1.82) is 0 Å². The van der Waals surface area contributed by atoms with Crippen LogP contribution in [0.1, 0.15) is 232 Å². The number of hydrogen-bond donors (Lipinski definition) is 6. The van der Waals surface area contributed by atoms with Crippen molar-refractivity contribution in [3.8, 4) is 0 Å². The van der Waals surface area contributed by atoms with Crippen LogP contribution in [-0.2, 0) is 23.8 Å². The molecule has 0 spiro atoms. The van der Waals surface area contributed by atoms with Gasteiger partial charge in [-0.2, -0.15) is 0 Å². The Kier molecular flexibility index (Phi) is 40.1. The Balaban J connectivity index is 2.15. The predicted molar refractivity (Wildman–Crippen MR) is 255 cm³/mol. The lowest BCUT2D eigenvalue weighted by Crippen LogP contribution is -2.60. The van der Waals surface area contributed by atoms with E-state index in [0.717, 1.165) is 70.6 Å². The van der Waals surface area contributed by atoms with Crippen molar-refractivity contribution in [3.05, 3.63) is 24.3 Å². The van der Waals surface area contributed by atoms with Crippen LogP contribution in [0.25, 0.3) is 0 Å². The molecule has 0 aromatic heterocycles. The number of unbranched alkanes of at least 4 members (excludes halogenated alkanes) is 28. The Bertz CT molecular complexity index is 1100. The minimum Gasteiger partial charge on any atom is -0.466 e. The van der Waals surface area contributed by atoms with Crippen LogP contribution in [0.4, 0.5) is 0 Å². The lowest BCUT2D eigenvalue weighted by molar-refractivity contribution is -0.302. The van der Waals surface area contributed by atoms with Gasteiger partial charge in [0.25, 0.3) is 0 Å². The zero-order chi connectivity index (χ0) is 46.0. The lowest BCUT2D eigenvalue weighted by atomic mass is 9.99. The molecule has 1 fully saturated rings. The Morgan fingerprint density at radius 2 is 1.03 bits per heavy atom. The molecule has 7 unspecified atom stereocenters. The van der Waals surface area contributed by atoms with E-state index < -0.39 is 49.5 Å². The molecule has 0 aromatic carbocycles. The van der Waals surface area contributed by atoms with Crippen molar-refractivity contribution in [3.63, 3.8) is 0 Å². The maximum Gasteiger partial charge on any atom is 0.305 e. The molecular weight excluding hydrogens is 799 g/mol. The van der Waals surface area contributed by atoms with Crippen LogP contribution in [0.5, 0.6) is 0 Å². The van der Waals surface area contributed by atoms with Crippen LogP contribution in [-0.4, -0.2) is 100 Å². The second-order valence-corrected chi connectivity index (χ2v) is 18.2. The third-order valence-electron chi connectivity index (χ3n) is 12.3. The second kappa shape index (κ2) is 42.8. The first-order chi connectivity index (χ1) is 30.7. The van der Waals surface area contributed by atoms with Gasteiger partial charge < -0.3 is 45.1 Å². The number of carbonyl (C=O) groups excluding carboxylic acids is 2. The second-order valence-electron chi connectivity index (χ2n) is 18.2. The Morgan fingerprint density at radius 1 is 0.571 bits per heavy atom. The number of hydrogen-bond acceptors (Lipinski definition) is 10. The molecule has 370 valence electrons. The first-order valence-corrected chi connectivity index (χ1v) is 26.1. The van der Waals surface area contributed by atoms with E-state index in [4.69, 9.17) is 14.2 Å². The van der Waals surface area contributed by atoms with E-state index in [2.05, 4.69) is 31.3 Å². The summed E-state index contributed by atoms with van der Waals surface area (Å²) in [6.07, 6.45) is 38.3. The van der Waals surface area contributed by atoms with Gasteiger partial charge >= 0.3 is 5.97 Å². The number of rotatable bonds is 44. The molecule has 0 aromatic rings. The van der Waals surface area contributed by atoms with Gasteiger partial charge in [0.15, 0.2) is 6.29 Å². The maximum absolute atomic E-state index is 13.0. The van der Waals surface area contributed by atoms with Gasteiger partial charge in [-0.05, 0) is 44.9 Å². The summed E-state index contributed by atoms with van der Waals surface area (Å²) in [7, 11) is 0. The topological polar surface area (TPSA) is 175 Å². The van der Waals surface area contributed by atoms with Crippen LogP contribution in [0.2, 0.25) is 0 Å². The third-order valence-corrected chi connectivity index (χ3v) is 12.3. The summed E-state index contributed by atoms with van der Waals surface area (Å²) in [5.41, 5.74) is 0. The van der Waals surface area contributed by atoms with E-state index in [-0.39, 0.29) is 18.5 Å². The van der Waals surface area contributed by atoms with E-state index in [9.17, 15) is 35.1 Å². The fourth-order valence-electron chi connectivity index (χ4n) is 8.10. The highest BCUT2D eigenvalue weighted by molar-refractivity contribution is 5.76. The summed E-state index contributed by atoms with van der Waals surface area (Å²) in [4.78, 5) is 25.0. The minimum absolute atomic E-state index is 0.0246. The van der Waals surface area contributed by atoms with Crippen molar-refractivity contribution >= 4 is 11.9 Å². The molecule has 1 aliphatic rings. The Hall–Kier alpha value is -1.86. The van der Waals surface area contributed by atoms with Gasteiger partial charge in [0.05, 0.1) is 32.0 Å². The number of aliphatic hydroxyl groups is 5. The van der Waals surface area contributed by atoms with Crippen molar-refractivity contribution < 1.29 is 49.3 Å². The number of nitrogens with one attached hydrogen (secondary N) is 1. The number of amides is 1. The van der Waals surface area contributed by atoms with Gasteiger partial charge in [-0.1, -0.05) is 199 Å². The van der Waals surface area contributed by atoms with Crippen molar-refractivity contribution in [1.82, 2.24) is 5.32 Å². The standard InChI is InChI=1S/C52H97NO10/c1-3-5-7-9-11-13-19-24-28-32-36-40-48(57)61-41-37-33-29-25-21-18-16-15-17-20-23-27-31-35-39-47(56)53-44(43-62-52-51(60)50(59)49(58)46(42-54)63-52)45(55)38-34-30-26-22-14-12-10-8-6-4-2/h14,22,34,38,44-46,49-52,54-55,58-60H,3-13,15-21,23-33,35-37,39-43H2,1-2H3,(H,53,56)/b22-14+,38-34+. The van der Waals surface area contributed by atoms with Gasteiger partial charge in [-0.15, -0.1) is 0 Å². The average Bonchev–Trinajstić information content (AvgIpc) is 3.28. The number of aliphatic hydroxyl groups excluding tert-OH is 5. The lowest BCUT2D eigenvalue weighted by Gasteiger charge is -2.40. The summed E-state index contributed by atoms with van der Waals surface area (Å²) in [6.45, 7) is 4.24.